The van der Waals surface area contributed by atoms with Crippen molar-refractivity contribution in [1.29, 1.82) is 0 Å². The van der Waals surface area contributed by atoms with Crippen LogP contribution in [0.3, 0.4) is 0 Å². The summed E-state index contributed by atoms with van der Waals surface area (Å²) in [5.41, 5.74) is 4.91. The third-order valence-electron chi connectivity index (χ3n) is 6.50. The van der Waals surface area contributed by atoms with Crippen LogP contribution in [-0.4, -0.2) is 38.2 Å². The minimum atomic E-state index is -0.0289. The number of aryl methyl sites for hydroxylation is 1. The highest BCUT2D eigenvalue weighted by molar-refractivity contribution is 7.17. The number of nitrogens with zero attached hydrogens (tertiary/aromatic N) is 4. The topological polar surface area (TPSA) is 78.8 Å². The van der Waals surface area contributed by atoms with E-state index in [2.05, 4.69) is 56.6 Å². The summed E-state index contributed by atoms with van der Waals surface area (Å²) in [5, 5.41) is 9.79. The first-order chi connectivity index (χ1) is 16.1. The molecule has 0 fully saturated rings. The van der Waals surface area contributed by atoms with E-state index in [1.54, 1.807) is 6.20 Å². The summed E-state index contributed by atoms with van der Waals surface area (Å²) >= 11 is 1.47. The molecule has 4 aromatic rings. The molecule has 0 saturated carbocycles. The van der Waals surface area contributed by atoms with Crippen molar-refractivity contribution in [1.82, 2.24) is 25.1 Å². The van der Waals surface area contributed by atoms with Gasteiger partial charge in [-0.05, 0) is 24.5 Å². The molecule has 1 aliphatic heterocycles. The molecule has 33 heavy (non-hydrogen) atoms. The van der Waals surface area contributed by atoms with Crippen molar-refractivity contribution in [3.8, 4) is 0 Å². The van der Waals surface area contributed by atoms with Gasteiger partial charge < -0.3 is 15.2 Å². The zero-order chi connectivity index (χ0) is 22.8. The highest BCUT2D eigenvalue weighted by atomic mass is 32.1. The van der Waals surface area contributed by atoms with E-state index in [1.165, 1.54) is 33.5 Å². The van der Waals surface area contributed by atoms with Crippen LogP contribution in [0, 0.1) is 0 Å². The number of amides is 1. The standard InChI is InChI=1S/C25H30N6OS/c1-3-4-7-19(12-17-13-26-21-9-6-5-8-20(17)21)29-24(32)23-15-27-25(33-23)31-11-10-22-18(16-31)14-28-30(22)2/h5-6,8-9,13-15,19,26H,3-4,7,10-12,16H2,1-2H3,(H,29,32). The average molecular weight is 463 g/mol. The summed E-state index contributed by atoms with van der Waals surface area (Å²) in [6.45, 7) is 3.87. The van der Waals surface area contributed by atoms with Gasteiger partial charge in [0.05, 0.1) is 12.4 Å². The van der Waals surface area contributed by atoms with Crippen LogP contribution in [0.15, 0.2) is 42.9 Å². The van der Waals surface area contributed by atoms with E-state index in [4.69, 9.17) is 0 Å². The molecule has 0 bridgehead atoms. The lowest BCUT2D eigenvalue weighted by molar-refractivity contribution is 0.0938. The van der Waals surface area contributed by atoms with Crippen molar-refractivity contribution >= 4 is 33.3 Å². The number of benzene rings is 1. The van der Waals surface area contributed by atoms with Crippen molar-refractivity contribution in [3.63, 3.8) is 0 Å². The lowest BCUT2D eigenvalue weighted by Crippen LogP contribution is -2.36. The van der Waals surface area contributed by atoms with Crippen LogP contribution in [-0.2, 0) is 26.4 Å². The number of carbonyl (C=O) groups is 1. The van der Waals surface area contributed by atoms with Crippen LogP contribution in [0.5, 0.6) is 0 Å². The minimum Gasteiger partial charge on any atom is -0.361 e. The number of hydrogen-bond acceptors (Lipinski definition) is 5. The summed E-state index contributed by atoms with van der Waals surface area (Å²) < 4.78 is 1.96. The van der Waals surface area contributed by atoms with E-state index < -0.39 is 0 Å². The second-order valence-corrected chi connectivity index (χ2v) is 9.80. The molecule has 8 heteroatoms. The lowest BCUT2D eigenvalue weighted by atomic mass is 10.0. The summed E-state index contributed by atoms with van der Waals surface area (Å²) in [6, 6.07) is 8.43. The predicted octanol–water partition coefficient (Wildman–Crippen LogP) is 4.45. The fraction of sp³-hybridized carbons (Fsp3) is 0.400. The van der Waals surface area contributed by atoms with E-state index in [1.807, 2.05) is 24.0 Å². The van der Waals surface area contributed by atoms with Gasteiger partial charge in [-0.25, -0.2) is 4.98 Å². The number of aromatic amines is 1. The Morgan fingerprint density at radius 1 is 1.30 bits per heavy atom. The smallest absolute Gasteiger partial charge is 0.263 e. The molecule has 7 nitrogen and oxygen atoms in total. The Balaban J connectivity index is 1.27. The summed E-state index contributed by atoms with van der Waals surface area (Å²) in [6.07, 6.45) is 10.6. The second-order valence-electron chi connectivity index (χ2n) is 8.79. The molecule has 1 aliphatic rings. The van der Waals surface area contributed by atoms with Crippen LogP contribution in [0.4, 0.5) is 5.13 Å². The SMILES string of the molecule is CCCCC(Cc1c[nH]c2ccccc12)NC(=O)c1cnc(N2CCc3c(cnn3C)C2)s1. The number of fused-ring (bicyclic) bond motifs is 2. The number of rotatable bonds is 8. The zero-order valence-electron chi connectivity index (χ0n) is 19.2. The molecule has 172 valence electrons. The van der Waals surface area contributed by atoms with E-state index >= 15 is 0 Å². The van der Waals surface area contributed by atoms with E-state index in [-0.39, 0.29) is 11.9 Å². The van der Waals surface area contributed by atoms with Crippen molar-refractivity contribution in [2.75, 3.05) is 11.4 Å². The molecule has 3 aromatic heterocycles. The normalized spacial score (nSPS) is 14.4. The minimum absolute atomic E-state index is 0.0289. The molecule has 0 spiro atoms. The highest BCUT2D eigenvalue weighted by Gasteiger charge is 2.23. The van der Waals surface area contributed by atoms with Crippen LogP contribution >= 0.6 is 11.3 Å². The quantitative estimate of drug-likeness (QED) is 0.405. The molecular formula is C25H30N6OS. The molecule has 4 heterocycles. The van der Waals surface area contributed by atoms with E-state index in [0.29, 0.717) is 4.88 Å². The Labute approximate surface area is 197 Å². The maximum atomic E-state index is 13.1. The fourth-order valence-electron chi connectivity index (χ4n) is 4.67. The largest absolute Gasteiger partial charge is 0.361 e. The van der Waals surface area contributed by atoms with Crippen LogP contribution < -0.4 is 10.2 Å². The van der Waals surface area contributed by atoms with Crippen LogP contribution in [0.25, 0.3) is 10.9 Å². The summed E-state index contributed by atoms with van der Waals surface area (Å²) in [7, 11) is 1.99. The molecule has 0 radical (unpaired) electrons. The molecule has 2 N–H and O–H groups in total. The first-order valence-corrected chi connectivity index (χ1v) is 12.5. The first kappa shape index (κ1) is 21.7. The molecule has 1 aromatic carbocycles. The van der Waals surface area contributed by atoms with Gasteiger partial charge in [-0.2, -0.15) is 5.10 Å². The van der Waals surface area contributed by atoms with Gasteiger partial charge in [-0.1, -0.05) is 49.3 Å². The second kappa shape index (κ2) is 9.39. The zero-order valence-corrected chi connectivity index (χ0v) is 20.0. The summed E-state index contributed by atoms with van der Waals surface area (Å²) in [4.78, 5) is 24.0. The molecule has 0 aliphatic carbocycles. The van der Waals surface area contributed by atoms with Crippen LogP contribution in [0.1, 0.15) is 52.7 Å². The average Bonchev–Trinajstić information content (AvgIpc) is 3.57. The van der Waals surface area contributed by atoms with Gasteiger partial charge >= 0.3 is 0 Å². The molecule has 1 amide bonds. The van der Waals surface area contributed by atoms with Gasteiger partial charge in [0.25, 0.3) is 5.91 Å². The number of aromatic nitrogens is 4. The number of carbonyl (C=O) groups excluding carboxylic acids is 1. The van der Waals surface area contributed by atoms with Gasteiger partial charge in [-0.15, -0.1) is 0 Å². The van der Waals surface area contributed by atoms with Crippen LogP contribution in [0.2, 0.25) is 0 Å². The first-order valence-electron chi connectivity index (χ1n) is 11.7. The Bertz CT molecular complexity index is 1250. The predicted molar refractivity (Wildman–Crippen MR) is 133 cm³/mol. The van der Waals surface area contributed by atoms with Gasteiger partial charge in [0, 0.05) is 61.0 Å². The van der Waals surface area contributed by atoms with Gasteiger partial charge in [0.1, 0.15) is 4.88 Å². The lowest BCUT2D eigenvalue weighted by Gasteiger charge is -2.26. The van der Waals surface area contributed by atoms with E-state index in [9.17, 15) is 4.79 Å². The maximum absolute atomic E-state index is 13.1. The Morgan fingerprint density at radius 2 is 2.18 bits per heavy atom. The fourth-order valence-corrected chi connectivity index (χ4v) is 5.51. The molecule has 1 unspecified atom stereocenters. The maximum Gasteiger partial charge on any atom is 0.263 e. The number of H-pyrrole nitrogens is 1. The van der Waals surface area contributed by atoms with Crippen molar-refractivity contribution in [2.45, 2.75) is 51.6 Å². The van der Waals surface area contributed by atoms with Crippen molar-refractivity contribution < 1.29 is 4.79 Å². The Kier molecular flexibility index (Phi) is 6.17. The number of unbranched alkanes of at least 4 members (excludes halogenated alkanes) is 1. The third kappa shape index (κ3) is 4.53. The van der Waals surface area contributed by atoms with Gasteiger partial charge in [0.2, 0.25) is 0 Å². The Hall–Kier alpha value is -3.13. The number of hydrogen-bond donors (Lipinski definition) is 2. The van der Waals surface area contributed by atoms with Crippen molar-refractivity contribution in [3.05, 3.63) is 64.6 Å². The summed E-state index contributed by atoms with van der Waals surface area (Å²) in [5.74, 6) is -0.0289. The number of thiazole rings is 1. The Morgan fingerprint density at radius 3 is 3.06 bits per heavy atom. The molecule has 1 atom stereocenters. The third-order valence-corrected chi connectivity index (χ3v) is 7.56. The molecule has 0 saturated heterocycles. The van der Waals surface area contributed by atoms with E-state index in [0.717, 1.165) is 55.8 Å². The molecular weight excluding hydrogens is 432 g/mol. The van der Waals surface area contributed by atoms with Gasteiger partial charge in [0.15, 0.2) is 5.13 Å². The highest BCUT2D eigenvalue weighted by Crippen LogP contribution is 2.28. The monoisotopic (exact) mass is 462 g/mol. The number of nitrogens with one attached hydrogen (secondary N) is 2. The number of para-hydroxylation sites is 1. The van der Waals surface area contributed by atoms with Gasteiger partial charge in [-0.3, -0.25) is 9.48 Å². The number of anilines is 1. The molecule has 5 rings (SSSR count). The van der Waals surface area contributed by atoms with Crippen molar-refractivity contribution in [2.24, 2.45) is 7.05 Å².